The van der Waals surface area contributed by atoms with Crippen LogP contribution >= 0.6 is 11.6 Å². The normalized spacial score (nSPS) is 11.2. The van der Waals surface area contributed by atoms with Crippen molar-refractivity contribution in [3.05, 3.63) is 88.9 Å². The summed E-state index contributed by atoms with van der Waals surface area (Å²) in [5, 5.41) is 0.537. The highest BCUT2D eigenvalue weighted by molar-refractivity contribution is 7.93. The van der Waals surface area contributed by atoms with E-state index in [1.165, 1.54) is 12.1 Å². The van der Waals surface area contributed by atoms with E-state index in [0.29, 0.717) is 10.8 Å². The largest absolute Gasteiger partial charge is 0.484 e. The number of hydrogen-bond acceptors (Lipinski definition) is 4. The monoisotopic (exact) mass is 471 g/mol. The molecule has 7 heteroatoms. The predicted octanol–water partition coefficient (Wildman–Crippen LogP) is 5.79. The number of unbranched alkanes of at least 4 members (excludes halogenated alkanes) is 1. The standard InChI is InChI=1S/C25H26ClNO4S/c1-3-4-5-20-8-12-22(13-9-20)27(32(29,30)24-16-6-19(2)7-17-24)25(28)18-31-23-14-10-21(26)11-15-23/h6-17H,3-5,18H2,1-2H3. The Bertz CT molecular complexity index is 1140. The molecule has 0 heterocycles. The molecule has 0 aromatic heterocycles. The van der Waals surface area contributed by atoms with Gasteiger partial charge in [0.05, 0.1) is 10.6 Å². The number of benzene rings is 3. The minimum atomic E-state index is -4.13. The van der Waals surface area contributed by atoms with E-state index in [4.69, 9.17) is 16.3 Å². The molecule has 3 aromatic carbocycles. The van der Waals surface area contributed by atoms with Gasteiger partial charge in [-0.3, -0.25) is 4.79 Å². The van der Waals surface area contributed by atoms with Crippen LogP contribution in [0.25, 0.3) is 0 Å². The average Bonchev–Trinajstić information content (AvgIpc) is 2.78. The van der Waals surface area contributed by atoms with E-state index in [-0.39, 0.29) is 10.6 Å². The summed E-state index contributed by atoms with van der Waals surface area (Å²) >= 11 is 5.88. The smallest absolute Gasteiger partial charge is 0.278 e. The molecule has 0 bridgehead atoms. The van der Waals surface area contributed by atoms with Gasteiger partial charge in [0.15, 0.2) is 6.61 Å². The van der Waals surface area contributed by atoms with Gasteiger partial charge in [0.2, 0.25) is 0 Å². The molecule has 0 spiro atoms. The van der Waals surface area contributed by atoms with Crippen molar-refractivity contribution >= 4 is 33.2 Å². The van der Waals surface area contributed by atoms with Crippen molar-refractivity contribution in [2.45, 2.75) is 38.0 Å². The summed E-state index contributed by atoms with van der Waals surface area (Å²) in [6.45, 7) is 3.54. The summed E-state index contributed by atoms with van der Waals surface area (Å²) in [4.78, 5) is 13.2. The number of amides is 1. The maximum Gasteiger partial charge on any atom is 0.278 e. The second-order valence-corrected chi connectivity index (χ2v) is 9.71. The van der Waals surface area contributed by atoms with Crippen LogP contribution in [0, 0.1) is 6.92 Å². The van der Waals surface area contributed by atoms with Crippen LogP contribution in [0.4, 0.5) is 5.69 Å². The Labute approximate surface area is 194 Å². The molecule has 32 heavy (non-hydrogen) atoms. The zero-order chi connectivity index (χ0) is 23.1. The van der Waals surface area contributed by atoms with Gasteiger partial charge < -0.3 is 4.74 Å². The predicted molar refractivity (Wildman–Crippen MR) is 128 cm³/mol. The summed E-state index contributed by atoms with van der Waals surface area (Å²) in [5.41, 5.74) is 2.29. The molecule has 0 saturated carbocycles. The van der Waals surface area contributed by atoms with Crippen LogP contribution in [0.3, 0.4) is 0 Å². The van der Waals surface area contributed by atoms with Gasteiger partial charge in [0.25, 0.3) is 15.9 Å². The number of sulfonamides is 1. The second-order valence-electron chi connectivity index (χ2n) is 7.49. The van der Waals surface area contributed by atoms with E-state index < -0.39 is 22.5 Å². The molecule has 0 unspecified atom stereocenters. The third-order valence-electron chi connectivity index (χ3n) is 4.95. The lowest BCUT2D eigenvalue weighted by molar-refractivity contribution is -0.119. The molecule has 3 aromatic rings. The fourth-order valence-electron chi connectivity index (χ4n) is 3.15. The first-order chi connectivity index (χ1) is 15.3. The van der Waals surface area contributed by atoms with E-state index in [1.54, 1.807) is 48.5 Å². The lowest BCUT2D eigenvalue weighted by Crippen LogP contribution is -2.40. The lowest BCUT2D eigenvalue weighted by atomic mass is 10.1. The van der Waals surface area contributed by atoms with Crippen molar-refractivity contribution in [3.8, 4) is 5.75 Å². The number of halogens is 1. The summed E-state index contributed by atoms with van der Waals surface area (Å²) in [7, 11) is -4.13. The number of ether oxygens (including phenoxy) is 1. The Morgan fingerprint density at radius 1 is 0.938 bits per heavy atom. The Hall–Kier alpha value is -2.83. The SMILES string of the molecule is CCCCc1ccc(N(C(=O)COc2ccc(Cl)cc2)S(=O)(=O)c2ccc(C)cc2)cc1. The van der Waals surface area contributed by atoms with Gasteiger partial charge in [0, 0.05) is 5.02 Å². The van der Waals surface area contributed by atoms with Crippen LogP contribution in [0.5, 0.6) is 5.75 Å². The summed E-state index contributed by atoms with van der Waals surface area (Å²) < 4.78 is 33.2. The van der Waals surface area contributed by atoms with Gasteiger partial charge in [0.1, 0.15) is 5.75 Å². The Morgan fingerprint density at radius 2 is 1.56 bits per heavy atom. The minimum absolute atomic E-state index is 0.0398. The molecule has 1 amide bonds. The highest BCUT2D eigenvalue weighted by Crippen LogP contribution is 2.26. The fourth-order valence-corrected chi connectivity index (χ4v) is 4.68. The molecule has 0 fully saturated rings. The maximum atomic E-state index is 13.4. The Kier molecular flexibility index (Phi) is 7.94. The number of carbonyl (C=O) groups excluding carboxylic acids is 1. The van der Waals surface area contributed by atoms with Crippen LogP contribution in [0.1, 0.15) is 30.9 Å². The van der Waals surface area contributed by atoms with E-state index in [1.807, 2.05) is 19.1 Å². The van der Waals surface area contributed by atoms with Gasteiger partial charge in [-0.1, -0.05) is 54.8 Å². The zero-order valence-corrected chi connectivity index (χ0v) is 19.7. The molecule has 0 atom stereocenters. The highest BCUT2D eigenvalue weighted by Gasteiger charge is 2.31. The van der Waals surface area contributed by atoms with Crippen molar-refractivity contribution in [2.75, 3.05) is 10.9 Å². The second kappa shape index (κ2) is 10.7. The third-order valence-corrected chi connectivity index (χ3v) is 6.97. The number of anilines is 1. The maximum absolute atomic E-state index is 13.4. The number of carbonyl (C=O) groups is 1. The molecule has 0 N–H and O–H groups in total. The van der Waals surface area contributed by atoms with Gasteiger partial charge in [-0.25, -0.2) is 8.42 Å². The molecule has 3 rings (SSSR count). The summed E-state index contributed by atoms with van der Waals surface area (Å²) in [5.74, 6) is -0.271. The van der Waals surface area contributed by atoms with Crippen molar-refractivity contribution in [3.63, 3.8) is 0 Å². The van der Waals surface area contributed by atoms with Crippen LogP contribution in [-0.4, -0.2) is 20.9 Å². The molecule has 0 aliphatic carbocycles. The first kappa shape index (κ1) is 23.8. The lowest BCUT2D eigenvalue weighted by Gasteiger charge is -2.23. The molecular formula is C25H26ClNO4S. The third kappa shape index (κ3) is 5.90. The molecule has 0 aliphatic rings. The highest BCUT2D eigenvalue weighted by atomic mass is 35.5. The van der Waals surface area contributed by atoms with Gasteiger partial charge in [-0.2, -0.15) is 4.31 Å². The average molecular weight is 472 g/mol. The van der Waals surface area contributed by atoms with Crippen molar-refractivity contribution in [2.24, 2.45) is 0 Å². The van der Waals surface area contributed by atoms with Crippen molar-refractivity contribution < 1.29 is 17.9 Å². The zero-order valence-electron chi connectivity index (χ0n) is 18.1. The number of aryl methyl sites for hydroxylation is 2. The number of rotatable bonds is 9. The topological polar surface area (TPSA) is 63.7 Å². The molecule has 0 aliphatic heterocycles. The molecule has 5 nitrogen and oxygen atoms in total. The molecule has 0 saturated heterocycles. The number of hydrogen-bond donors (Lipinski definition) is 0. The fraction of sp³-hybridized carbons (Fsp3) is 0.240. The Morgan fingerprint density at radius 3 is 2.16 bits per heavy atom. The van der Waals surface area contributed by atoms with E-state index in [9.17, 15) is 13.2 Å². The van der Waals surface area contributed by atoms with Gasteiger partial charge in [-0.05, 0) is 73.9 Å². The molecular weight excluding hydrogens is 446 g/mol. The number of nitrogens with zero attached hydrogens (tertiary/aromatic N) is 1. The van der Waals surface area contributed by atoms with Gasteiger partial charge >= 0.3 is 0 Å². The van der Waals surface area contributed by atoms with Crippen LogP contribution in [0.2, 0.25) is 5.02 Å². The molecule has 168 valence electrons. The first-order valence-corrected chi connectivity index (χ1v) is 12.2. The van der Waals surface area contributed by atoms with E-state index in [2.05, 4.69) is 6.92 Å². The van der Waals surface area contributed by atoms with Crippen molar-refractivity contribution in [1.29, 1.82) is 0 Å². The minimum Gasteiger partial charge on any atom is -0.484 e. The van der Waals surface area contributed by atoms with Crippen molar-refractivity contribution in [1.82, 2.24) is 0 Å². The van der Waals surface area contributed by atoms with Crippen LogP contribution < -0.4 is 9.04 Å². The van der Waals surface area contributed by atoms with Gasteiger partial charge in [-0.15, -0.1) is 0 Å². The van der Waals surface area contributed by atoms with Crippen LogP contribution in [0.15, 0.2) is 77.7 Å². The van der Waals surface area contributed by atoms with E-state index in [0.717, 1.165) is 34.7 Å². The summed E-state index contributed by atoms with van der Waals surface area (Å²) in [6, 6.07) is 20.0. The Balaban J connectivity index is 1.91. The van der Waals surface area contributed by atoms with Crippen LogP contribution in [-0.2, 0) is 21.2 Å². The first-order valence-electron chi connectivity index (χ1n) is 10.4. The molecule has 0 radical (unpaired) electrons. The summed E-state index contributed by atoms with van der Waals surface area (Å²) in [6.07, 6.45) is 3.00. The van der Waals surface area contributed by atoms with E-state index >= 15 is 0 Å². The quantitative estimate of drug-likeness (QED) is 0.396.